The Bertz CT molecular complexity index is 471. The highest BCUT2D eigenvalue weighted by Gasteiger charge is 2.06. The number of hydrogen-bond donors (Lipinski definition) is 1. The highest BCUT2D eigenvalue weighted by molar-refractivity contribution is 9.10. The Morgan fingerprint density at radius 2 is 2.21 bits per heavy atom. The number of rotatable bonds is 1. The molecule has 6 heteroatoms. The van der Waals surface area contributed by atoms with Crippen LogP contribution in [-0.2, 0) is 0 Å². The summed E-state index contributed by atoms with van der Waals surface area (Å²) in [4.78, 5) is 4.06. The summed E-state index contributed by atoms with van der Waals surface area (Å²) in [7, 11) is 0. The van der Waals surface area contributed by atoms with Crippen LogP contribution in [0.1, 0.15) is 0 Å². The third-order valence-electron chi connectivity index (χ3n) is 1.62. The Morgan fingerprint density at radius 1 is 1.43 bits per heavy atom. The van der Waals surface area contributed by atoms with Gasteiger partial charge in [0.05, 0.1) is 5.02 Å². The second kappa shape index (κ2) is 3.84. The lowest BCUT2D eigenvalue weighted by Gasteiger charge is -1.98. The van der Waals surface area contributed by atoms with Gasteiger partial charge < -0.3 is 5.73 Å². The van der Waals surface area contributed by atoms with E-state index in [1.165, 1.54) is 11.5 Å². The van der Waals surface area contributed by atoms with Crippen LogP contribution in [0.3, 0.4) is 0 Å². The van der Waals surface area contributed by atoms with Crippen LogP contribution >= 0.6 is 39.1 Å². The molecular formula is C8H5BrClN3S. The zero-order valence-corrected chi connectivity index (χ0v) is 10.0. The van der Waals surface area contributed by atoms with Gasteiger partial charge in [-0.3, -0.25) is 0 Å². The molecule has 0 amide bonds. The molecule has 0 saturated carbocycles. The van der Waals surface area contributed by atoms with Gasteiger partial charge >= 0.3 is 0 Å². The molecule has 0 saturated heterocycles. The van der Waals surface area contributed by atoms with Crippen molar-refractivity contribution in [2.45, 2.75) is 0 Å². The number of nitrogens with two attached hydrogens (primary N) is 1. The van der Waals surface area contributed by atoms with Crippen molar-refractivity contribution < 1.29 is 0 Å². The van der Waals surface area contributed by atoms with E-state index in [-0.39, 0.29) is 0 Å². The van der Waals surface area contributed by atoms with Gasteiger partial charge in [-0.1, -0.05) is 11.6 Å². The van der Waals surface area contributed by atoms with E-state index in [2.05, 4.69) is 25.3 Å². The molecule has 0 atom stereocenters. The third-order valence-corrected chi connectivity index (χ3v) is 3.39. The predicted molar refractivity (Wildman–Crippen MR) is 62.5 cm³/mol. The first-order valence-electron chi connectivity index (χ1n) is 3.71. The predicted octanol–water partition coefficient (Wildman–Crippen LogP) is 3.20. The van der Waals surface area contributed by atoms with Crippen LogP contribution in [-0.4, -0.2) is 9.36 Å². The van der Waals surface area contributed by atoms with Gasteiger partial charge in [-0.05, 0) is 34.1 Å². The number of benzene rings is 1. The molecule has 72 valence electrons. The number of anilines is 1. The largest absolute Gasteiger partial charge is 0.374 e. The van der Waals surface area contributed by atoms with Gasteiger partial charge in [-0.25, -0.2) is 0 Å². The summed E-state index contributed by atoms with van der Waals surface area (Å²) in [6.07, 6.45) is 0. The molecule has 1 aromatic carbocycles. The van der Waals surface area contributed by atoms with Crippen molar-refractivity contribution in [1.82, 2.24) is 9.36 Å². The number of nitrogen functional groups attached to an aromatic ring is 1. The minimum Gasteiger partial charge on any atom is -0.374 e. The van der Waals surface area contributed by atoms with Crippen molar-refractivity contribution in [2.75, 3.05) is 5.73 Å². The molecule has 1 aromatic heterocycles. The molecular weight excluding hydrogens is 286 g/mol. The van der Waals surface area contributed by atoms with E-state index in [4.69, 9.17) is 17.3 Å². The molecule has 14 heavy (non-hydrogen) atoms. The van der Waals surface area contributed by atoms with Gasteiger partial charge in [0, 0.05) is 21.6 Å². The number of nitrogens with zero attached hydrogens (tertiary/aromatic N) is 2. The SMILES string of the molecule is Nc1nc(-c2ccc(Br)c(Cl)c2)ns1. The molecule has 0 bridgehead atoms. The Morgan fingerprint density at radius 3 is 2.79 bits per heavy atom. The minimum atomic E-state index is 0.457. The molecule has 3 nitrogen and oxygen atoms in total. The zero-order valence-electron chi connectivity index (χ0n) is 6.87. The van der Waals surface area contributed by atoms with E-state index in [9.17, 15) is 0 Å². The van der Waals surface area contributed by atoms with E-state index in [0.29, 0.717) is 16.0 Å². The Kier molecular flexibility index (Phi) is 2.71. The maximum Gasteiger partial charge on any atom is 0.200 e. The van der Waals surface area contributed by atoms with Crippen LogP contribution < -0.4 is 5.73 Å². The van der Waals surface area contributed by atoms with Crippen molar-refractivity contribution in [3.63, 3.8) is 0 Å². The summed E-state index contributed by atoms with van der Waals surface area (Å²) in [6.45, 7) is 0. The highest BCUT2D eigenvalue weighted by atomic mass is 79.9. The quantitative estimate of drug-likeness (QED) is 0.877. The lowest BCUT2D eigenvalue weighted by molar-refractivity contribution is 1.33. The van der Waals surface area contributed by atoms with Crippen LogP contribution in [0.5, 0.6) is 0 Å². The molecule has 2 rings (SSSR count). The molecule has 0 fully saturated rings. The molecule has 0 aliphatic heterocycles. The number of hydrogen-bond acceptors (Lipinski definition) is 4. The summed E-state index contributed by atoms with van der Waals surface area (Å²) >= 11 is 10.4. The van der Waals surface area contributed by atoms with Crippen LogP contribution in [0.15, 0.2) is 22.7 Å². The standard InChI is InChI=1S/C8H5BrClN3S/c9-5-2-1-4(3-6(5)10)7-12-8(11)14-13-7/h1-3H,(H2,11,12,13). The monoisotopic (exact) mass is 289 g/mol. The van der Waals surface area contributed by atoms with Crippen molar-refractivity contribution in [3.8, 4) is 11.4 Å². The lowest BCUT2D eigenvalue weighted by atomic mass is 10.2. The molecule has 2 aromatic rings. The van der Waals surface area contributed by atoms with Crippen molar-refractivity contribution in [1.29, 1.82) is 0 Å². The summed E-state index contributed by atoms with van der Waals surface area (Å²) in [6, 6.07) is 5.54. The summed E-state index contributed by atoms with van der Waals surface area (Å²) in [5.41, 5.74) is 6.35. The fraction of sp³-hybridized carbons (Fsp3) is 0. The second-order valence-electron chi connectivity index (χ2n) is 2.59. The van der Waals surface area contributed by atoms with Gasteiger partial charge in [-0.15, -0.1) is 0 Å². The van der Waals surface area contributed by atoms with Crippen molar-refractivity contribution in [2.24, 2.45) is 0 Å². The second-order valence-corrected chi connectivity index (χ2v) is 4.63. The molecule has 0 unspecified atom stereocenters. The van der Waals surface area contributed by atoms with Crippen molar-refractivity contribution >= 4 is 44.2 Å². The zero-order chi connectivity index (χ0) is 10.1. The highest BCUT2D eigenvalue weighted by Crippen LogP contribution is 2.28. The maximum atomic E-state index is 5.94. The molecule has 0 aliphatic carbocycles. The normalized spacial score (nSPS) is 10.4. The van der Waals surface area contributed by atoms with E-state index >= 15 is 0 Å². The summed E-state index contributed by atoms with van der Waals surface area (Å²) in [5, 5.41) is 1.09. The topological polar surface area (TPSA) is 51.8 Å². The fourth-order valence-electron chi connectivity index (χ4n) is 0.988. The Labute approximate surface area is 98.2 Å². The van der Waals surface area contributed by atoms with Crippen LogP contribution in [0.25, 0.3) is 11.4 Å². The Hall–Kier alpha value is -0.650. The fourth-order valence-corrected chi connectivity index (χ4v) is 1.87. The first-order chi connectivity index (χ1) is 6.66. The van der Waals surface area contributed by atoms with E-state index in [1.54, 1.807) is 6.07 Å². The maximum absolute atomic E-state index is 5.94. The van der Waals surface area contributed by atoms with E-state index < -0.39 is 0 Å². The van der Waals surface area contributed by atoms with Gasteiger partial charge in [-0.2, -0.15) is 9.36 Å². The van der Waals surface area contributed by atoms with Gasteiger partial charge in [0.15, 0.2) is 11.0 Å². The molecule has 0 aliphatic rings. The van der Waals surface area contributed by atoms with Crippen LogP contribution in [0.4, 0.5) is 5.13 Å². The molecule has 0 radical (unpaired) electrons. The average molecular weight is 291 g/mol. The lowest BCUT2D eigenvalue weighted by Crippen LogP contribution is -1.84. The average Bonchev–Trinajstić information content (AvgIpc) is 2.57. The Balaban J connectivity index is 2.47. The van der Waals surface area contributed by atoms with E-state index in [0.717, 1.165) is 10.0 Å². The van der Waals surface area contributed by atoms with Gasteiger partial charge in [0.2, 0.25) is 0 Å². The molecule has 0 spiro atoms. The van der Waals surface area contributed by atoms with E-state index in [1.807, 2.05) is 12.1 Å². The third kappa shape index (κ3) is 1.89. The molecule has 1 heterocycles. The summed E-state index contributed by atoms with van der Waals surface area (Å²) < 4.78 is 4.94. The van der Waals surface area contributed by atoms with Crippen LogP contribution in [0.2, 0.25) is 5.02 Å². The summed E-state index contributed by atoms with van der Waals surface area (Å²) in [5.74, 6) is 0.613. The first kappa shape index (κ1) is 9.89. The van der Waals surface area contributed by atoms with Gasteiger partial charge in [0.1, 0.15) is 0 Å². The minimum absolute atomic E-state index is 0.457. The van der Waals surface area contributed by atoms with Gasteiger partial charge in [0.25, 0.3) is 0 Å². The first-order valence-corrected chi connectivity index (χ1v) is 5.66. The smallest absolute Gasteiger partial charge is 0.200 e. The number of halogens is 2. The van der Waals surface area contributed by atoms with Crippen LogP contribution in [0, 0.1) is 0 Å². The van der Waals surface area contributed by atoms with Crippen molar-refractivity contribution in [3.05, 3.63) is 27.7 Å². The molecule has 2 N–H and O–H groups in total. The number of aromatic nitrogens is 2.